The third-order valence-corrected chi connectivity index (χ3v) is 7.10. The molecular formula is C18H28N4O4S. The van der Waals surface area contributed by atoms with E-state index in [4.69, 9.17) is 4.74 Å². The quantitative estimate of drug-likeness (QED) is 0.799. The van der Waals surface area contributed by atoms with Crippen LogP contribution in [0.2, 0.25) is 0 Å². The first-order valence-corrected chi connectivity index (χ1v) is 10.7. The number of hydrogen-bond donors (Lipinski definition) is 1. The van der Waals surface area contributed by atoms with Crippen molar-refractivity contribution in [3.8, 4) is 5.75 Å². The predicted octanol–water partition coefficient (Wildman–Crippen LogP) is 0.439. The zero-order valence-electron chi connectivity index (χ0n) is 16.1. The van der Waals surface area contributed by atoms with Crippen LogP contribution in [-0.2, 0) is 15.0 Å². The van der Waals surface area contributed by atoms with Crippen molar-refractivity contribution in [2.45, 2.75) is 25.4 Å². The molecule has 1 aromatic rings. The number of nitrogens with zero attached hydrogens (tertiary/aromatic N) is 3. The number of amides is 1. The molecule has 0 spiro atoms. The topological polar surface area (TPSA) is 82.2 Å². The van der Waals surface area contributed by atoms with Gasteiger partial charge < -0.3 is 14.5 Å². The van der Waals surface area contributed by atoms with Gasteiger partial charge in [0.25, 0.3) is 10.2 Å². The van der Waals surface area contributed by atoms with Crippen LogP contribution >= 0.6 is 0 Å². The second kappa shape index (κ2) is 8.14. The van der Waals surface area contributed by atoms with Gasteiger partial charge >= 0.3 is 0 Å². The van der Waals surface area contributed by atoms with Crippen LogP contribution in [0.1, 0.15) is 24.9 Å². The monoisotopic (exact) mass is 396 g/mol. The molecule has 0 radical (unpaired) electrons. The Morgan fingerprint density at radius 3 is 2.37 bits per heavy atom. The number of benzene rings is 1. The maximum absolute atomic E-state index is 13.1. The van der Waals surface area contributed by atoms with Crippen molar-refractivity contribution in [3.05, 3.63) is 29.8 Å². The predicted molar refractivity (Wildman–Crippen MR) is 103 cm³/mol. The Bertz CT molecular complexity index is 760. The zero-order valence-corrected chi connectivity index (χ0v) is 16.9. The zero-order chi connectivity index (χ0) is 19.6. The Hall–Kier alpha value is -1.68. The van der Waals surface area contributed by atoms with E-state index < -0.39 is 22.3 Å². The summed E-state index contributed by atoms with van der Waals surface area (Å²) in [6.45, 7) is 5.99. The van der Waals surface area contributed by atoms with Crippen LogP contribution in [0.5, 0.6) is 5.75 Å². The highest BCUT2D eigenvalue weighted by atomic mass is 32.2. The summed E-state index contributed by atoms with van der Waals surface area (Å²) in [6, 6.07) is 6.11. The van der Waals surface area contributed by atoms with E-state index in [1.54, 1.807) is 24.1 Å². The molecule has 2 aliphatic rings. The van der Waals surface area contributed by atoms with E-state index in [0.717, 1.165) is 25.2 Å². The molecule has 9 heteroatoms. The molecular weight excluding hydrogens is 368 g/mol. The molecule has 2 heterocycles. The second-order valence-electron chi connectivity index (χ2n) is 6.98. The maximum atomic E-state index is 13.1. The second-order valence-corrected chi connectivity index (χ2v) is 8.74. The fourth-order valence-electron chi connectivity index (χ4n) is 3.64. The van der Waals surface area contributed by atoms with Crippen LogP contribution in [-0.4, -0.2) is 81.4 Å². The lowest BCUT2D eigenvalue weighted by Gasteiger charge is -2.41. The fraction of sp³-hybridized carbons (Fsp3) is 0.611. The lowest BCUT2D eigenvalue weighted by molar-refractivity contribution is -0.137. The molecule has 0 unspecified atom stereocenters. The van der Waals surface area contributed by atoms with Gasteiger partial charge in [-0.25, -0.2) is 0 Å². The van der Waals surface area contributed by atoms with Crippen LogP contribution in [0.3, 0.4) is 0 Å². The van der Waals surface area contributed by atoms with Gasteiger partial charge in [0.15, 0.2) is 0 Å². The minimum atomic E-state index is -3.73. The average Bonchev–Trinajstić information content (AvgIpc) is 2.69. The number of carbonyl (C=O) groups excluding carboxylic acids is 1. The molecule has 2 fully saturated rings. The van der Waals surface area contributed by atoms with Gasteiger partial charge in [-0.05, 0) is 30.7 Å². The van der Waals surface area contributed by atoms with Gasteiger partial charge in [-0.1, -0.05) is 19.1 Å². The number of rotatable bonds is 4. The first-order chi connectivity index (χ1) is 12.9. The normalized spacial score (nSPS) is 26.7. The highest BCUT2D eigenvalue weighted by Gasteiger charge is 2.42. The largest absolute Gasteiger partial charge is 0.497 e. The number of methoxy groups -OCH3 is 1. The molecule has 1 N–H and O–H groups in total. The highest BCUT2D eigenvalue weighted by Crippen LogP contribution is 2.29. The molecule has 1 amide bonds. The van der Waals surface area contributed by atoms with Crippen LogP contribution in [0.15, 0.2) is 24.3 Å². The third-order valence-electron chi connectivity index (χ3n) is 5.50. The van der Waals surface area contributed by atoms with Crippen molar-refractivity contribution in [3.63, 3.8) is 0 Å². The number of nitrogens with one attached hydrogen (secondary N) is 1. The standard InChI is InChI=1S/C18H28N4O4S/c1-4-21-9-11-22(12-10-21)18(23)17-13-16(19-27(24,25)20(17)2)14-5-7-15(26-3)8-6-14/h5-8,16-17,19H,4,9-13H2,1-3H3/t16-,17+/m0/s1. The SMILES string of the molecule is CCN1CCN(C(=O)[C@H]2C[C@@H](c3ccc(OC)cc3)NS(=O)(=O)N2C)CC1. The summed E-state index contributed by atoms with van der Waals surface area (Å²) in [4.78, 5) is 17.2. The van der Waals surface area contributed by atoms with Crippen molar-refractivity contribution in [2.24, 2.45) is 0 Å². The number of carbonyl (C=O) groups is 1. The molecule has 8 nitrogen and oxygen atoms in total. The minimum absolute atomic E-state index is 0.114. The first kappa shape index (κ1) is 20.1. The van der Waals surface area contributed by atoms with Crippen molar-refractivity contribution in [1.29, 1.82) is 0 Å². The van der Waals surface area contributed by atoms with E-state index in [9.17, 15) is 13.2 Å². The van der Waals surface area contributed by atoms with Gasteiger partial charge in [-0.15, -0.1) is 0 Å². The number of hydrogen-bond acceptors (Lipinski definition) is 5. The molecule has 2 atom stereocenters. The Balaban J connectivity index is 1.78. The van der Waals surface area contributed by atoms with E-state index in [1.807, 2.05) is 12.1 Å². The molecule has 0 aliphatic carbocycles. The van der Waals surface area contributed by atoms with Crippen molar-refractivity contribution in [1.82, 2.24) is 18.8 Å². The molecule has 0 saturated carbocycles. The molecule has 150 valence electrons. The molecule has 3 rings (SSSR count). The average molecular weight is 397 g/mol. The molecule has 27 heavy (non-hydrogen) atoms. The first-order valence-electron chi connectivity index (χ1n) is 9.26. The van der Waals surface area contributed by atoms with Crippen molar-refractivity contribution < 1.29 is 17.9 Å². The molecule has 2 aliphatic heterocycles. The lowest BCUT2D eigenvalue weighted by atomic mass is 9.99. The molecule has 1 aromatic carbocycles. The van der Waals surface area contributed by atoms with Crippen molar-refractivity contribution in [2.75, 3.05) is 46.9 Å². The summed E-state index contributed by atoms with van der Waals surface area (Å²) in [5.41, 5.74) is 0.820. The van der Waals surface area contributed by atoms with Gasteiger partial charge in [-0.3, -0.25) is 4.79 Å². The number of ether oxygens (including phenoxy) is 1. The Labute approximate surface area is 161 Å². The summed E-state index contributed by atoms with van der Waals surface area (Å²) in [5.74, 6) is 0.591. The Morgan fingerprint density at radius 1 is 1.19 bits per heavy atom. The van der Waals surface area contributed by atoms with Crippen LogP contribution < -0.4 is 9.46 Å². The van der Waals surface area contributed by atoms with E-state index in [0.29, 0.717) is 25.3 Å². The van der Waals surface area contributed by atoms with Gasteiger partial charge in [0.2, 0.25) is 5.91 Å². The van der Waals surface area contributed by atoms with E-state index in [1.165, 1.54) is 11.4 Å². The number of piperazine rings is 1. The van der Waals surface area contributed by atoms with Crippen molar-refractivity contribution >= 4 is 16.1 Å². The lowest BCUT2D eigenvalue weighted by Crippen LogP contribution is -2.60. The smallest absolute Gasteiger partial charge is 0.280 e. The summed E-state index contributed by atoms with van der Waals surface area (Å²) in [6.07, 6.45) is 0.398. The molecule has 0 aromatic heterocycles. The molecule has 0 bridgehead atoms. The van der Waals surface area contributed by atoms with E-state index in [2.05, 4.69) is 16.5 Å². The summed E-state index contributed by atoms with van der Waals surface area (Å²) in [5, 5.41) is 0. The molecule has 2 saturated heterocycles. The van der Waals surface area contributed by atoms with Gasteiger partial charge in [-0.2, -0.15) is 17.4 Å². The third kappa shape index (κ3) is 4.26. The van der Waals surface area contributed by atoms with Gasteiger partial charge in [0, 0.05) is 39.3 Å². The highest BCUT2D eigenvalue weighted by molar-refractivity contribution is 7.87. The van der Waals surface area contributed by atoms with E-state index in [-0.39, 0.29) is 5.91 Å². The summed E-state index contributed by atoms with van der Waals surface area (Å²) < 4.78 is 34.2. The van der Waals surface area contributed by atoms with Crippen LogP contribution in [0.25, 0.3) is 0 Å². The van der Waals surface area contributed by atoms with Gasteiger partial charge in [0.05, 0.1) is 7.11 Å². The van der Waals surface area contributed by atoms with Gasteiger partial charge in [0.1, 0.15) is 11.8 Å². The number of likely N-dealkylation sites (N-methyl/N-ethyl adjacent to an activating group) is 2. The summed E-state index contributed by atoms with van der Waals surface area (Å²) in [7, 11) is -0.675. The van der Waals surface area contributed by atoms with E-state index >= 15 is 0 Å². The van der Waals surface area contributed by atoms with Crippen LogP contribution in [0, 0.1) is 0 Å². The fourth-order valence-corrected chi connectivity index (χ4v) is 4.91. The maximum Gasteiger partial charge on any atom is 0.280 e. The van der Waals surface area contributed by atoms with Crippen LogP contribution in [0.4, 0.5) is 0 Å². The summed E-state index contributed by atoms with van der Waals surface area (Å²) >= 11 is 0. The Morgan fingerprint density at radius 2 is 1.81 bits per heavy atom. The minimum Gasteiger partial charge on any atom is -0.497 e. The Kier molecular flexibility index (Phi) is 6.05.